The van der Waals surface area contributed by atoms with E-state index in [4.69, 9.17) is 15.6 Å². The zero-order valence-corrected chi connectivity index (χ0v) is 11.7. The van der Waals surface area contributed by atoms with Crippen LogP contribution in [0.2, 0.25) is 0 Å². The van der Waals surface area contributed by atoms with E-state index in [0.717, 1.165) is 0 Å². The first-order valence-electron chi connectivity index (χ1n) is 6.84. The molecule has 0 saturated carbocycles. The molecule has 9 nitrogen and oxygen atoms in total. The molecule has 1 saturated heterocycles. The van der Waals surface area contributed by atoms with Gasteiger partial charge in [0.25, 0.3) is 0 Å². The minimum atomic E-state index is -1.15. The Balaban J connectivity index is 1.85. The number of aromatic nitrogens is 3. The highest BCUT2D eigenvalue weighted by Crippen LogP contribution is 2.08. The third-order valence-corrected chi connectivity index (χ3v) is 3.36. The van der Waals surface area contributed by atoms with Crippen LogP contribution in [-0.2, 0) is 22.6 Å². The number of hydrogen-bond acceptors (Lipinski definition) is 6. The number of nitrogens with two attached hydrogens (primary N) is 1. The van der Waals surface area contributed by atoms with E-state index in [-0.39, 0.29) is 18.1 Å². The third kappa shape index (κ3) is 3.76. The molecule has 0 aromatic carbocycles. The summed E-state index contributed by atoms with van der Waals surface area (Å²) in [5, 5.41) is 16.3. The smallest absolute Gasteiger partial charge is 0.358 e. The average molecular weight is 297 g/mol. The number of nitrogens with zero attached hydrogens (tertiary/aromatic N) is 4. The lowest BCUT2D eigenvalue weighted by Crippen LogP contribution is -2.40. The lowest BCUT2D eigenvalue weighted by atomic mass is 10.2. The molecule has 9 heteroatoms. The highest BCUT2D eigenvalue weighted by atomic mass is 16.5. The van der Waals surface area contributed by atoms with Crippen LogP contribution in [0.5, 0.6) is 0 Å². The van der Waals surface area contributed by atoms with Crippen molar-refractivity contribution in [1.29, 1.82) is 0 Å². The van der Waals surface area contributed by atoms with Crippen LogP contribution < -0.4 is 5.73 Å². The highest BCUT2D eigenvalue weighted by Gasteiger charge is 2.19. The van der Waals surface area contributed by atoms with Crippen LogP contribution in [0.3, 0.4) is 0 Å². The summed E-state index contributed by atoms with van der Waals surface area (Å²) in [4.78, 5) is 24.7. The molecule has 1 aromatic rings. The Kier molecular flexibility index (Phi) is 5.23. The number of aromatic carboxylic acids is 1. The Morgan fingerprint density at radius 2 is 2.05 bits per heavy atom. The van der Waals surface area contributed by atoms with Gasteiger partial charge in [-0.3, -0.25) is 4.79 Å². The van der Waals surface area contributed by atoms with E-state index < -0.39 is 5.97 Å². The lowest BCUT2D eigenvalue weighted by molar-refractivity contribution is -0.135. The van der Waals surface area contributed by atoms with Crippen LogP contribution >= 0.6 is 0 Å². The van der Waals surface area contributed by atoms with Gasteiger partial charge >= 0.3 is 5.97 Å². The first-order chi connectivity index (χ1) is 10.1. The van der Waals surface area contributed by atoms with E-state index in [2.05, 4.69) is 10.3 Å². The largest absolute Gasteiger partial charge is 0.476 e. The van der Waals surface area contributed by atoms with Crippen LogP contribution in [0.1, 0.15) is 29.0 Å². The molecule has 1 amide bonds. The zero-order chi connectivity index (χ0) is 15.2. The molecule has 0 aliphatic carbocycles. The van der Waals surface area contributed by atoms with Gasteiger partial charge in [0.1, 0.15) is 0 Å². The van der Waals surface area contributed by atoms with Crippen LogP contribution in [0.25, 0.3) is 0 Å². The molecule has 116 valence electrons. The van der Waals surface area contributed by atoms with Crippen molar-refractivity contribution in [2.45, 2.75) is 25.9 Å². The minimum Gasteiger partial charge on any atom is -0.476 e. The van der Waals surface area contributed by atoms with Gasteiger partial charge in [-0.15, -0.1) is 5.10 Å². The Hall–Kier alpha value is -2.00. The van der Waals surface area contributed by atoms with Crippen molar-refractivity contribution < 1.29 is 19.4 Å². The van der Waals surface area contributed by atoms with Crippen molar-refractivity contribution in [1.82, 2.24) is 19.9 Å². The number of aryl methyl sites for hydroxylation is 1. The molecule has 0 bridgehead atoms. The van der Waals surface area contributed by atoms with E-state index >= 15 is 0 Å². The van der Waals surface area contributed by atoms with Crippen LogP contribution in [-0.4, -0.2) is 63.2 Å². The van der Waals surface area contributed by atoms with Crippen molar-refractivity contribution in [2.75, 3.05) is 26.3 Å². The molecular weight excluding hydrogens is 278 g/mol. The fourth-order valence-electron chi connectivity index (χ4n) is 2.23. The second-order valence-corrected chi connectivity index (χ2v) is 4.71. The summed E-state index contributed by atoms with van der Waals surface area (Å²) in [6.45, 7) is 2.87. The maximum atomic E-state index is 12.0. The fourth-order valence-corrected chi connectivity index (χ4v) is 2.23. The number of carboxylic acid groups (broad SMARTS) is 1. The molecule has 3 N–H and O–H groups in total. The number of carbonyl (C=O) groups is 2. The van der Waals surface area contributed by atoms with Crippen LogP contribution in [0.4, 0.5) is 0 Å². The number of carbonyl (C=O) groups excluding carboxylic acids is 1. The van der Waals surface area contributed by atoms with Gasteiger partial charge in [-0.1, -0.05) is 5.21 Å². The van der Waals surface area contributed by atoms with Crippen molar-refractivity contribution in [3.05, 3.63) is 11.4 Å². The second-order valence-electron chi connectivity index (χ2n) is 4.71. The van der Waals surface area contributed by atoms with Crippen molar-refractivity contribution in [3.8, 4) is 0 Å². The summed E-state index contributed by atoms with van der Waals surface area (Å²) < 4.78 is 6.65. The number of ether oxygens (including phenoxy) is 1. The third-order valence-electron chi connectivity index (χ3n) is 3.36. The first-order valence-corrected chi connectivity index (χ1v) is 6.84. The van der Waals surface area contributed by atoms with Crippen molar-refractivity contribution in [2.24, 2.45) is 5.73 Å². The zero-order valence-electron chi connectivity index (χ0n) is 11.7. The van der Waals surface area contributed by atoms with Crippen molar-refractivity contribution in [3.63, 3.8) is 0 Å². The SMILES string of the molecule is NCc1c(C(=O)O)nnn1CCCC(=O)N1CCOCC1. The number of rotatable bonds is 6. The summed E-state index contributed by atoms with van der Waals surface area (Å²) in [6, 6.07) is 0. The number of carboxylic acids is 1. The number of morpholine rings is 1. The van der Waals surface area contributed by atoms with Gasteiger partial charge in [0, 0.05) is 32.6 Å². The van der Waals surface area contributed by atoms with E-state index in [0.29, 0.717) is 51.4 Å². The predicted octanol–water partition coefficient (Wildman–Crippen LogP) is -0.926. The van der Waals surface area contributed by atoms with E-state index in [9.17, 15) is 9.59 Å². The van der Waals surface area contributed by atoms with Crippen LogP contribution in [0.15, 0.2) is 0 Å². The predicted molar refractivity (Wildman–Crippen MR) is 71.5 cm³/mol. The van der Waals surface area contributed by atoms with Gasteiger partial charge in [0.15, 0.2) is 5.69 Å². The Labute approximate surface area is 121 Å². The standard InChI is InChI=1S/C12H19N5O4/c13-8-9-11(12(19)20)14-15-17(9)3-1-2-10(18)16-4-6-21-7-5-16/h1-8,13H2,(H,19,20). The molecule has 21 heavy (non-hydrogen) atoms. The minimum absolute atomic E-state index is 0.0477. The maximum absolute atomic E-state index is 12.0. The molecule has 1 fully saturated rings. The summed E-state index contributed by atoms with van der Waals surface area (Å²) in [6.07, 6.45) is 0.942. The quantitative estimate of drug-likeness (QED) is 0.695. The molecule has 0 radical (unpaired) electrons. The molecule has 2 rings (SSSR count). The second kappa shape index (κ2) is 7.14. The topological polar surface area (TPSA) is 124 Å². The maximum Gasteiger partial charge on any atom is 0.358 e. The van der Waals surface area contributed by atoms with Gasteiger partial charge in [-0.05, 0) is 6.42 Å². The monoisotopic (exact) mass is 297 g/mol. The molecule has 0 spiro atoms. The van der Waals surface area contributed by atoms with Crippen molar-refractivity contribution >= 4 is 11.9 Å². The van der Waals surface area contributed by atoms with E-state index in [1.54, 1.807) is 4.90 Å². The molecular formula is C12H19N5O4. The summed E-state index contributed by atoms with van der Waals surface area (Å²) in [5.74, 6) is -1.07. The molecule has 2 heterocycles. The summed E-state index contributed by atoms with van der Waals surface area (Å²) in [5.41, 5.74) is 5.78. The molecule has 0 atom stereocenters. The first kappa shape index (κ1) is 15.4. The van der Waals surface area contributed by atoms with Gasteiger partial charge in [-0.25, -0.2) is 9.48 Å². The molecule has 1 aliphatic rings. The molecule has 1 aliphatic heterocycles. The lowest BCUT2D eigenvalue weighted by Gasteiger charge is -2.26. The number of hydrogen-bond donors (Lipinski definition) is 2. The Bertz CT molecular complexity index is 510. The Morgan fingerprint density at radius 1 is 1.33 bits per heavy atom. The van der Waals surface area contributed by atoms with Gasteiger partial charge in [0.2, 0.25) is 5.91 Å². The van der Waals surface area contributed by atoms with E-state index in [1.165, 1.54) is 4.68 Å². The van der Waals surface area contributed by atoms with Crippen LogP contribution in [0, 0.1) is 0 Å². The number of amides is 1. The molecule has 1 aromatic heterocycles. The fraction of sp³-hybridized carbons (Fsp3) is 0.667. The van der Waals surface area contributed by atoms with Gasteiger partial charge < -0.3 is 20.5 Å². The van der Waals surface area contributed by atoms with Gasteiger partial charge in [-0.2, -0.15) is 0 Å². The normalized spacial score (nSPS) is 15.2. The Morgan fingerprint density at radius 3 is 2.67 bits per heavy atom. The molecule has 0 unspecified atom stereocenters. The van der Waals surface area contributed by atoms with E-state index in [1.807, 2.05) is 0 Å². The highest BCUT2D eigenvalue weighted by molar-refractivity contribution is 5.86. The summed E-state index contributed by atoms with van der Waals surface area (Å²) >= 11 is 0. The average Bonchev–Trinajstić information content (AvgIpc) is 2.91. The van der Waals surface area contributed by atoms with Gasteiger partial charge in [0.05, 0.1) is 18.9 Å². The summed E-state index contributed by atoms with van der Waals surface area (Å²) in [7, 11) is 0.